The summed E-state index contributed by atoms with van der Waals surface area (Å²) in [5.74, 6) is 0.838. The van der Waals surface area contributed by atoms with E-state index >= 15 is 0 Å². The average Bonchev–Trinajstić information content (AvgIpc) is 2.79. The Bertz CT molecular complexity index is 449. The summed E-state index contributed by atoms with van der Waals surface area (Å²) in [6, 6.07) is 10.3. The number of benzene rings is 1. The molecule has 2 aliphatic rings. The van der Waals surface area contributed by atoms with Crippen LogP contribution in [0.2, 0.25) is 0 Å². The van der Waals surface area contributed by atoms with Crippen LogP contribution in [0.3, 0.4) is 0 Å². The molecule has 0 radical (unpaired) electrons. The van der Waals surface area contributed by atoms with Crippen molar-refractivity contribution in [1.82, 2.24) is 5.32 Å². The van der Waals surface area contributed by atoms with Crippen molar-refractivity contribution >= 4 is 0 Å². The molecule has 0 heterocycles. The zero-order valence-electron chi connectivity index (χ0n) is 12.6. The predicted molar refractivity (Wildman–Crippen MR) is 81.2 cm³/mol. The maximum Gasteiger partial charge on any atom is 0.0377 e. The van der Waals surface area contributed by atoms with Crippen LogP contribution in [0.5, 0.6) is 0 Å². The van der Waals surface area contributed by atoms with Gasteiger partial charge in [0.05, 0.1) is 0 Å². The molecular weight excluding hydrogens is 230 g/mol. The Morgan fingerprint density at radius 1 is 1.16 bits per heavy atom. The molecule has 1 heteroatoms. The summed E-state index contributed by atoms with van der Waals surface area (Å²) < 4.78 is 0. The van der Waals surface area contributed by atoms with Crippen LogP contribution in [0.15, 0.2) is 24.3 Å². The monoisotopic (exact) mass is 257 g/mol. The molecule has 0 saturated heterocycles. The topological polar surface area (TPSA) is 12.0 Å². The summed E-state index contributed by atoms with van der Waals surface area (Å²) in [5, 5.41) is 4.01. The van der Waals surface area contributed by atoms with E-state index in [0.717, 1.165) is 12.0 Å². The first-order valence-corrected chi connectivity index (χ1v) is 7.92. The molecule has 3 unspecified atom stereocenters. The lowest BCUT2D eigenvalue weighted by Gasteiger charge is -2.42. The van der Waals surface area contributed by atoms with E-state index in [1.165, 1.54) is 32.1 Å². The molecule has 0 aromatic heterocycles. The van der Waals surface area contributed by atoms with Gasteiger partial charge in [-0.15, -0.1) is 0 Å². The summed E-state index contributed by atoms with van der Waals surface area (Å²) in [7, 11) is 0. The third-order valence-corrected chi connectivity index (χ3v) is 5.43. The molecule has 104 valence electrons. The molecule has 1 N–H and O–H groups in total. The van der Waals surface area contributed by atoms with Crippen LogP contribution in [0, 0.1) is 11.3 Å². The van der Waals surface area contributed by atoms with Gasteiger partial charge >= 0.3 is 0 Å². The first-order valence-electron chi connectivity index (χ1n) is 7.92. The third kappa shape index (κ3) is 2.45. The van der Waals surface area contributed by atoms with E-state index < -0.39 is 0 Å². The molecule has 1 saturated carbocycles. The molecule has 1 aromatic rings. The van der Waals surface area contributed by atoms with Gasteiger partial charge in [0.25, 0.3) is 0 Å². The Labute approximate surface area is 117 Å². The molecular formula is C18H27N. The quantitative estimate of drug-likeness (QED) is 0.823. The number of hydrogen-bond acceptors (Lipinski definition) is 1. The zero-order valence-corrected chi connectivity index (χ0v) is 12.6. The van der Waals surface area contributed by atoms with Crippen LogP contribution in [-0.2, 0) is 6.42 Å². The van der Waals surface area contributed by atoms with Gasteiger partial charge in [0.15, 0.2) is 0 Å². The van der Waals surface area contributed by atoms with Gasteiger partial charge in [-0.2, -0.15) is 0 Å². The molecule has 19 heavy (non-hydrogen) atoms. The van der Waals surface area contributed by atoms with E-state index in [4.69, 9.17) is 0 Å². The third-order valence-electron chi connectivity index (χ3n) is 5.43. The molecule has 1 fully saturated rings. The number of hydrogen-bond donors (Lipinski definition) is 1. The average molecular weight is 257 g/mol. The zero-order chi connectivity index (χ0) is 13.5. The Kier molecular flexibility index (Phi) is 3.42. The standard InChI is InChI=1S/C18H27N/c1-13-7-6-10-16(13)19-17-15-9-5-4-8-14(15)11-12-18(17,2)3/h4-5,8-9,13,16-17,19H,6-7,10-12H2,1-3H3. The van der Waals surface area contributed by atoms with Crippen LogP contribution >= 0.6 is 0 Å². The highest BCUT2D eigenvalue weighted by atomic mass is 15.0. The molecule has 2 aliphatic carbocycles. The van der Waals surface area contributed by atoms with Crippen LogP contribution in [-0.4, -0.2) is 6.04 Å². The second-order valence-electron chi connectivity index (χ2n) is 7.30. The highest BCUT2D eigenvalue weighted by molar-refractivity contribution is 5.34. The van der Waals surface area contributed by atoms with Gasteiger partial charge in [0.2, 0.25) is 0 Å². The Balaban J connectivity index is 1.88. The lowest BCUT2D eigenvalue weighted by molar-refractivity contribution is 0.184. The summed E-state index contributed by atoms with van der Waals surface area (Å²) >= 11 is 0. The maximum atomic E-state index is 4.01. The van der Waals surface area contributed by atoms with Gasteiger partial charge in [-0.05, 0) is 48.1 Å². The van der Waals surface area contributed by atoms with E-state index in [9.17, 15) is 0 Å². The van der Waals surface area contributed by atoms with E-state index in [2.05, 4.69) is 50.4 Å². The van der Waals surface area contributed by atoms with Crippen molar-refractivity contribution < 1.29 is 0 Å². The maximum absolute atomic E-state index is 4.01. The molecule has 1 aromatic carbocycles. The second kappa shape index (κ2) is 4.94. The number of aryl methyl sites for hydroxylation is 1. The van der Waals surface area contributed by atoms with Gasteiger partial charge < -0.3 is 5.32 Å². The Hall–Kier alpha value is -0.820. The van der Waals surface area contributed by atoms with Crippen molar-refractivity contribution in [2.75, 3.05) is 0 Å². The highest BCUT2D eigenvalue weighted by Gasteiger charge is 2.38. The summed E-state index contributed by atoms with van der Waals surface area (Å²) in [4.78, 5) is 0. The molecule has 0 aliphatic heterocycles. The first-order chi connectivity index (χ1) is 9.08. The minimum absolute atomic E-state index is 0.372. The largest absolute Gasteiger partial charge is 0.306 e. The van der Waals surface area contributed by atoms with E-state index in [0.29, 0.717) is 11.5 Å². The summed E-state index contributed by atoms with van der Waals surface area (Å²) in [6.07, 6.45) is 6.68. The van der Waals surface area contributed by atoms with E-state index in [1.807, 2.05) is 0 Å². The lowest BCUT2D eigenvalue weighted by Crippen LogP contribution is -2.44. The van der Waals surface area contributed by atoms with Crippen molar-refractivity contribution in [3.8, 4) is 0 Å². The van der Waals surface area contributed by atoms with Crippen molar-refractivity contribution in [1.29, 1.82) is 0 Å². The van der Waals surface area contributed by atoms with E-state index in [-0.39, 0.29) is 0 Å². The fraction of sp³-hybridized carbons (Fsp3) is 0.667. The van der Waals surface area contributed by atoms with Gasteiger partial charge in [0.1, 0.15) is 0 Å². The normalized spacial score (nSPS) is 33.1. The predicted octanol–water partition coefficient (Wildman–Crippen LogP) is 4.48. The number of nitrogens with one attached hydrogen (secondary N) is 1. The Morgan fingerprint density at radius 2 is 1.95 bits per heavy atom. The molecule has 0 spiro atoms. The van der Waals surface area contributed by atoms with Crippen LogP contribution in [0.4, 0.5) is 0 Å². The molecule has 3 rings (SSSR count). The van der Waals surface area contributed by atoms with Gasteiger partial charge in [-0.3, -0.25) is 0 Å². The smallest absolute Gasteiger partial charge is 0.0377 e. The summed E-state index contributed by atoms with van der Waals surface area (Å²) in [6.45, 7) is 7.27. The second-order valence-corrected chi connectivity index (χ2v) is 7.30. The van der Waals surface area contributed by atoms with Crippen LogP contribution in [0.1, 0.15) is 63.6 Å². The molecule has 0 amide bonds. The fourth-order valence-electron chi connectivity index (χ4n) is 3.99. The number of fused-ring (bicyclic) bond motifs is 1. The fourth-order valence-corrected chi connectivity index (χ4v) is 3.99. The SMILES string of the molecule is CC1CCCC1NC1c2ccccc2CCC1(C)C. The van der Waals surface area contributed by atoms with Crippen LogP contribution < -0.4 is 5.32 Å². The molecule has 1 nitrogen and oxygen atoms in total. The first kappa shape index (κ1) is 13.2. The summed E-state index contributed by atoms with van der Waals surface area (Å²) in [5.41, 5.74) is 3.49. The van der Waals surface area contributed by atoms with Crippen LogP contribution in [0.25, 0.3) is 0 Å². The Morgan fingerprint density at radius 3 is 2.68 bits per heavy atom. The van der Waals surface area contributed by atoms with E-state index in [1.54, 1.807) is 11.1 Å². The molecule has 3 atom stereocenters. The van der Waals surface area contributed by atoms with Crippen molar-refractivity contribution in [2.45, 2.75) is 65.0 Å². The van der Waals surface area contributed by atoms with Crippen molar-refractivity contribution in [3.05, 3.63) is 35.4 Å². The minimum atomic E-state index is 0.372. The van der Waals surface area contributed by atoms with Gasteiger partial charge in [-0.1, -0.05) is 51.5 Å². The van der Waals surface area contributed by atoms with Gasteiger partial charge in [0, 0.05) is 12.1 Å². The number of rotatable bonds is 2. The molecule has 0 bridgehead atoms. The minimum Gasteiger partial charge on any atom is -0.306 e. The van der Waals surface area contributed by atoms with Gasteiger partial charge in [-0.25, -0.2) is 0 Å². The van der Waals surface area contributed by atoms with Crippen molar-refractivity contribution in [3.63, 3.8) is 0 Å². The lowest BCUT2D eigenvalue weighted by atomic mass is 9.70. The highest BCUT2D eigenvalue weighted by Crippen LogP contribution is 2.44. The van der Waals surface area contributed by atoms with Crippen molar-refractivity contribution in [2.24, 2.45) is 11.3 Å².